The number of thiophene rings is 1. The summed E-state index contributed by atoms with van der Waals surface area (Å²) >= 11 is 1.75. The van der Waals surface area contributed by atoms with Gasteiger partial charge in [-0.05, 0) is 70.4 Å². The minimum Gasteiger partial charge on any atom is -0.456 e. The maximum atomic E-state index is 6.57. The maximum Gasteiger partial charge on any atom is 0.161 e. The third-order valence-corrected chi connectivity index (χ3v) is 12.2. The fourth-order valence-electron chi connectivity index (χ4n) is 8.43. The van der Waals surface area contributed by atoms with E-state index >= 15 is 0 Å². The Bertz CT molecular complexity index is 3480. The molecule has 5 heteroatoms. The van der Waals surface area contributed by atoms with E-state index in [0.29, 0.717) is 5.82 Å². The Labute approximate surface area is 319 Å². The molecule has 0 unspecified atom stereocenters. The van der Waals surface area contributed by atoms with E-state index in [9.17, 15) is 0 Å². The molecule has 0 radical (unpaired) electrons. The van der Waals surface area contributed by atoms with Crippen LogP contribution in [0.1, 0.15) is 0 Å². The minimum absolute atomic E-state index is 0.681. The highest BCUT2D eigenvalue weighted by Crippen LogP contribution is 2.43. The van der Waals surface area contributed by atoms with Gasteiger partial charge < -0.3 is 8.98 Å². The summed E-state index contributed by atoms with van der Waals surface area (Å²) in [6.45, 7) is 0. The first-order chi connectivity index (χ1) is 27.2. The number of para-hydroxylation sites is 1. The number of benzene rings is 8. The van der Waals surface area contributed by atoms with E-state index in [1.165, 1.54) is 48.4 Å². The molecule has 0 aliphatic rings. The highest BCUT2D eigenvalue weighted by atomic mass is 32.1. The van der Waals surface area contributed by atoms with E-state index in [4.69, 9.17) is 14.4 Å². The summed E-state index contributed by atoms with van der Waals surface area (Å²) < 4.78 is 11.2. The molecule has 4 heterocycles. The third kappa shape index (κ3) is 4.64. The van der Waals surface area contributed by atoms with Crippen LogP contribution in [0.25, 0.3) is 114 Å². The van der Waals surface area contributed by atoms with Gasteiger partial charge in [0.15, 0.2) is 5.82 Å². The van der Waals surface area contributed by atoms with Gasteiger partial charge in [-0.2, -0.15) is 0 Å². The Kier molecular flexibility index (Phi) is 6.47. The van der Waals surface area contributed by atoms with Crippen LogP contribution in [0, 0.1) is 0 Å². The van der Waals surface area contributed by atoms with Gasteiger partial charge in [-0.3, -0.25) is 0 Å². The largest absolute Gasteiger partial charge is 0.456 e. The Morgan fingerprint density at radius 2 is 1.20 bits per heavy atom. The molecule has 0 amide bonds. The lowest BCUT2D eigenvalue weighted by molar-refractivity contribution is 0.669. The van der Waals surface area contributed by atoms with E-state index in [-0.39, 0.29) is 0 Å². The van der Waals surface area contributed by atoms with Crippen molar-refractivity contribution in [1.82, 2.24) is 14.5 Å². The zero-order valence-electron chi connectivity index (χ0n) is 29.4. The first-order valence-electron chi connectivity index (χ1n) is 18.5. The number of nitrogens with zero attached hydrogens (tertiary/aromatic N) is 3. The molecule has 12 aromatic rings. The van der Waals surface area contributed by atoms with Crippen LogP contribution >= 0.6 is 11.3 Å². The number of rotatable bonds is 4. The molecule has 0 aliphatic carbocycles. The average molecular weight is 720 g/mol. The molecule has 256 valence electrons. The van der Waals surface area contributed by atoms with Gasteiger partial charge in [0, 0.05) is 48.4 Å². The summed E-state index contributed by atoms with van der Waals surface area (Å²) in [5, 5.41) is 8.10. The summed E-state index contributed by atoms with van der Waals surface area (Å²) in [5.41, 5.74) is 11.3. The van der Waals surface area contributed by atoms with Crippen LogP contribution in [-0.2, 0) is 0 Å². The standard InChI is InChI=1S/C50H29N3OS/c1-2-11-30(12-3-1)31-21-23-32(24-22-31)47-49-48(37-16-7-9-20-45(37)55-49)52-50(51-47)38-17-10-19-44-46(38)40-29-35(25-26-43(40)54-44)53-41-18-8-6-15-36(41)39-27-33-13-4-5-14-34(33)28-42(39)53/h1-29H. The normalized spacial score (nSPS) is 12.0. The van der Waals surface area contributed by atoms with E-state index < -0.39 is 0 Å². The summed E-state index contributed by atoms with van der Waals surface area (Å²) in [5.74, 6) is 0.681. The van der Waals surface area contributed by atoms with Crippen LogP contribution in [0.2, 0.25) is 0 Å². The second-order valence-corrected chi connectivity index (χ2v) is 15.2. The summed E-state index contributed by atoms with van der Waals surface area (Å²) in [6, 6.07) is 62.5. The van der Waals surface area contributed by atoms with E-state index in [1.54, 1.807) is 11.3 Å². The lowest BCUT2D eigenvalue weighted by atomic mass is 10.0. The molecule has 0 saturated carbocycles. The smallest absolute Gasteiger partial charge is 0.161 e. The summed E-state index contributed by atoms with van der Waals surface area (Å²) in [7, 11) is 0. The van der Waals surface area contributed by atoms with Crippen molar-refractivity contribution in [2.24, 2.45) is 0 Å². The van der Waals surface area contributed by atoms with Gasteiger partial charge in [-0.1, -0.05) is 127 Å². The molecular formula is C50H29N3OS. The van der Waals surface area contributed by atoms with Gasteiger partial charge in [0.2, 0.25) is 0 Å². The molecule has 0 fully saturated rings. The van der Waals surface area contributed by atoms with Crippen LogP contribution in [-0.4, -0.2) is 14.5 Å². The Morgan fingerprint density at radius 1 is 0.473 bits per heavy atom. The van der Waals surface area contributed by atoms with Gasteiger partial charge >= 0.3 is 0 Å². The number of hydrogen-bond donors (Lipinski definition) is 0. The SMILES string of the molecule is c1ccc(-c2ccc(-c3nc(-c4cccc5oc6ccc(-n7c8ccccc8c8cc9ccccc9cc87)cc6c45)nc4c3sc3ccccc34)cc2)cc1. The van der Waals surface area contributed by atoms with E-state index in [2.05, 4.69) is 168 Å². The van der Waals surface area contributed by atoms with Crippen LogP contribution < -0.4 is 0 Å². The van der Waals surface area contributed by atoms with Gasteiger partial charge in [0.05, 0.1) is 26.9 Å². The Morgan fingerprint density at radius 3 is 2.07 bits per heavy atom. The van der Waals surface area contributed by atoms with Crippen molar-refractivity contribution in [1.29, 1.82) is 0 Å². The minimum atomic E-state index is 0.681. The number of hydrogen-bond acceptors (Lipinski definition) is 4. The number of furan rings is 1. The van der Waals surface area contributed by atoms with Crippen molar-refractivity contribution in [3.63, 3.8) is 0 Å². The Hall–Kier alpha value is -7.08. The zero-order chi connectivity index (χ0) is 36.0. The average Bonchev–Trinajstić information content (AvgIpc) is 3.92. The molecular weight excluding hydrogens is 691 g/mol. The quantitative estimate of drug-likeness (QED) is 0.182. The van der Waals surface area contributed by atoms with Crippen LogP contribution in [0.4, 0.5) is 0 Å². The topological polar surface area (TPSA) is 43.9 Å². The van der Waals surface area contributed by atoms with Crippen molar-refractivity contribution in [3.05, 3.63) is 176 Å². The summed E-state index contributed by atoms with van der Waals surface area (Å²) in [4.78, 5) is 10.8. The molecule has 55 heavy (non-hydrogen) atoms. The van der Waals surface area contributed by atoms with Gasteiger partial charge in [-0.25, -0.2) is 9.97 Å². The zero-order valence-corrected chi connectivity index (χ0v) is 30.2. The maximum absolute atomic E-state index is 6.57. The predicted octanol–water partition coefficient (Wildman–Crippen LogP) is 14.0. The fourth-order valence-corrected chi connectivity index (χ4v) is 9.59. The van der Waals surface area contributed by atoms with Crippen molar-refractivity contribution in [2.45, 2.75) is 0 Å². The second-order valence-electron chi connectivity index (χ2n) is 14.1. The molecule has 0 N–H and O–H groups in total. The van der Waals surface area contributed by atoms with Crippen LogP contribution in [0.3, 0.4) is 0 Å². The highest BCUT2D eigenvalue weighted by Gasteiger charge is 2.21. The first-order valence-corrected chi connectivity index (χ1v) is 19.3. The van der Waals surface area contributed by atoms with Crippen molar-refractivity contribution in [2.75, 3.05) is 0 Å². The molecule has 12 rings (SSSR count). The molecule has 4 aromatic heterocycles. The lowest BCUT2D eigenvalue weighted by Gasteiger charge is -2.10. The molecule has 0 aliphatic heterocycles. The van der Waals surface area contributed by atoms with Gasteiger partial charge in [-0.15, -0.1) is 11.3 Å². The summed E-state index contributed by atoms with van der Waals surface area (Å²) in [6.07, 6.45) is 0. The monoisotopic (exact) mass is 719 g/mol. The molecule has 0 saturated heterocycles. The first kappa shape index (κ1) is 30.4. The van der Waals surface area contributed by atoms with E-state index in [1.807, 2.05) is 12.1 Å². The van der Waals surface area contributed by atoms with Gasteiger partial charge in [0.1, 0.15) is 11.2 Å². The lowest BCUT2D eigenvalue weighted by Crippen LogP contribution is -1.95. The third-order valence-electron chi connectivity index (χ3n) is 11.0. The molecule has 0 bridgehead atoms. The fraction of sp³-hybridized carbons (Fsp3) is 0. The molecule has 0 spiro atoms. The highest BCUT2D eigenvalue weighted by molar-refractivity contribution is 7.26. The van der Waals surface area contributed by atoms with Crippen molar-refractivity contribution in [3.8, 4) is 39.5 Å². The molecule has 4 nitrogen and oxygen atoms in total. The second kappa shape index (κ2) is 11.7. The van der Waals surface area contributed by atoms with Crippen molar-refractivity contribution < 1.29 is 4.42 Å². The molecule has 0 atom stereocenters. The van der Waals surface area contributed by atoms with E-state index in [0.717, 1.165) is 60.0 Å². The number of fused-ring (bicyclic) bond motifs is 10. The van der Waals surface area contributed by atoms with Gasteiger partial charge in [0.25, 0.3) is 0 Å². The predicted molar refractivity (Wildman–Crippen MR) is 230 cm³/mol. The van der Waals surface area contributed by atoms with Crippen LogP contribution in [0.5, 0.6) is 0 Å². The van der Waals surface area contributed by atoms with Crippen LogP contribution in [0.15, 0.2) is 180 Å². The van der Waals surface area contributed by atoms with Crippen molar-refractivity contribution >= 4 is 86.2 Å². The Balaban J connectivity index is 1.09. The number of aromatic nitrogens is 3. The molecule has 8 aromatic carbocycles.